The van der Waals surface area contributed by atoms with Crippen LogP contribution in [0.2, 0.25) is 0 Å². The Balaban J connectivity index is 2.37. The van der Waals surface area contributed by atoms with Gasteiger partial charge in [-0.1, -0.05) is 36.5 Å². The summed E-state index contributed by atoms with van der Waals surface area (Å²) in [4.78, 5) is 0. The zero-order valence-corrected chi connectivity index (χ0v) is 6.14. The molecule has 1 heteroatoms. The van der Waals surface area contributed by atoms with E-state index in [-0.39, 0.29) is 5.92 Å². The third kappa shape index (κ3) is 0.914. The minimum atomic E-state index is 0.144. The standard InChI is InChI=1S/C10H9N/c11-7-10-8-3-1-2-4-9(10)6-5-8/h1-6,8-10H. The van der Waals surface area contributed by atoms with Crippen molar-refractivity contribution in [3.63, 3.8) is 0 Å². The molecular weight excluding hydrogens is 134 g/mol. The summed E-state index contributed by atoms with van der Waals surface area (Å²) < 4.78 is 0. The maximum absolute atomic E-state index is 8.84. The Morgan fingerprint density at radius 3 is 1.91 bits per heavy atom. The highest BCUT2D eigenvalue weighted by Crippen LogP contribution is 2.33. The van der Waals surface area contributed by atoms with Gasteiger partial charge in [-0.05, 0) is 0 Å². The molecule has 0 saturated carbocycles. The molecule has 11 heavy (non-hydrogen) atoms. The van der Waals surface area contributed by atoms with Gasteiger partial charge in [-0.15, -0.1) is 0 Å². The van der Waals surface area contributed by atoms with Gasteiger partial charge in [0.05, 0.1) is 12.0 Å². The molecule has 0 saturated heterocycles. The van der Waals surface area contributed by atoms with Gasteiger partial charge in [0, 0.05) is 11.8 Å². The summed E-state index contributed by atoms with van der Waals surface area (Å²) in [7, 11) is 0. The van der Waals surface area contributed by atoms with E-state index >= 15 is 0 Å². The van der Waals surface area contributed by atoms with Crippen molar-refractivity contribution < 1.29 is 0 Å². The Kier molecular flexibility index (Phi) is 1.40. The number of nitriles is 1. The van der Waals surface area contributed by atoms with E-state index in [9.17, 15) is 0 Å². The lowest BCUT2D eigenvalue weighted by Crippen LogP contribution is -2.09. The summed E-state index contributed by atoms with van der Waals surface area (Å²) >= 11 is 0. The van der Waals surface area contributed by atoms with Crippen molar-refractivity contribution in [1.82, 2.24) is 0 Å². The predicted octanol–water partition coefficient (Wildman–Crippen LogP) is 2.05. The molecule has 54 valence electrons. The van der Waals surface area contributed by atoms with Crippen LogP contribution in [0.5, 0.6) is 0 Å². The molecule has 2 unspecified atom stereocenters. The van der Waals surface area contributed by atoms with E-state index in [2.05, 4.69) is 30.4 Å². The molecule has 0 amide bonds. The number of hydrogen-bond acceptors (Lipinski definition) is 1. The van der Waals surface area contributed by atoms with Crippen LogP contribution in [0.25, 0.3) is 0 Å². The second-order valence-electron chi connectivity index (χ2n) is 2.96. The van der Waals surface area contributed by atoms with Crippen molar-refractivity contribution in [1.29, 1.82) is 5.26 Å². The number of rotatable bonds is 0. The normalized spacial score (nSPS) is 38.6. The lowest BCUT2D eigenvalue weighted by Gasteiger charge is -2.10. The van der Waals surface area contributed by atoms with Gasteiger partial charge in [0.2, 0.25) is 0 Å². The van der Waals surface area contributed by atoms with Gasteiger partial charge in [-0.2, -0.15) is 5.26 Å². The Bertz CT molecular complexity index is 256. The van der Waals surface area contributed by atoms with Gasteiger partial charge < -0.3 is 0 Å². The zero-order chi connectivity index (χ0) is 7.68. The summed E-state index contributed by atoms with van der Waals surface area (Å²) in [6, 6.07) is 2.34. The minimum Gasteiger partial charge on any atom is -0.198 e. The van der Waals surface area contributed by atoms with Crippen LogP contribution in [0, 0.1) is 29.1 Å². The molecule has 0 heterocycles. The third-order valence-corrected chi connectivity index (χ3v) is 2.31. The first-order valence-corrected chi connectivity index (χ1v) is 3.85. The number of fused-ring (bicyclic) bond motifs is 2. The van der Waals surface area contributed by atoms with E-state index in [0.717, 1.165) is 0 Å². The molecular formula is C10H9N. The van der Waals surface area contributed by atoms with Gasteiger partial charge in [-0.3, -0.25) is 0 Å². The number of nitrogens with zero attached hydrogens (tertiary/aromatic N) is 1. The van der Waals surface area contributed by atoms with Gasteiger partial charge in [-0.25, -0.2) is 0 Å². The SMILES string of the molecule is N#CC1C2C=CC=CC1C=C2. The topological polar surface area (TPSA) is 23.8 Å². The molecule has 0 fully saturated rings. The molecule has 2 aliphatic carbocycles. The van der Waals surface area contributed by atoms with Gasteiger partial charge in [0.1, 0.15) is 0 Å². The number of allylic oxidation sites excluding steroid dienone is 6. The maximum Gasteiger partial charge on any atom is 0.0674 e. The van der Waals surface area contributed by atoms with Crippen molar-refractivity contribution in [3.05, 3.63) is 36.5 Å². The van der Waals surface area contributed by atoms with Crippen LogP contribution in [0.1, 0.15) is 0 Å². The van der Waals surface area contributed by atoms with E-state index in [4.69, 9.17) is 5.26 Å². The Labute approximate surface area is 66.3 Å². The fourth-order valence-corrected chi connectivity index (χ4v) is 1.68. The molecule has 0 N–H and O–H groups in total. The molecule has 2 atom stereocenters. The van der Waals surface area contributed by atoms with Gasteiger partial charge in [0.25, 0.3) is 0 Å². The third-order valence-electron chi connectivity index (χ3n) is 2.31. The van der Waals surface area contributed by atoms with Crippen LogP contribution >= 0.6 is 0 Å². The van der Waals surface area contributed by atoms with Crippen LogP contribution < -0.4 is 0 Å². The summed E-state index contributed by atoms with van der Waals surface area (Å²) in [5, 5.41) is 8.84. The van der Waals surface area contributed by atoms with Crippen LogP contribution in [0.4, 0.5) is 0 Å². The lowest BCUT2D eigenvalue weighted by molar-refractivity contribution is 0.538. The molecule has 2 aliphatic rings. The first-order chi connectivity index (χ1) is 5.42. The summed E-state index contributed by atoms with van der Waals surface area (Å²) in [5.41, 5.74) is 0. The molecule has 0 aromatic rings. The van der Waals surface area contributed by atoms with Crippen LogP contribution in [0.3, 0.4) is 0 Å². The van der Waals surface area contributed by atoms with Crippen LogP contribution in [0.15, 0.2) is 36.5 Å². The average molecular weight is 143 g/mol. The summed E-state index contributed by atoms with van der Waals surface area (Å²) in [5.74, 6) is 0.838. The largest absolute Gasteiger partial charge is 0.198 e. The molecule has 0 aromatic heterocycles. The monoisotopic (exact) mass is 143 g/mol. The summed E-state index contributed by atoms with van der Waals surface area (Å²) in [6.07, 6.45) is 12.5. The maximum atomic E-state index is 8.84. The fourth-order valence-electron chi connectivity index (χ4n) is 1.68. The second kappa shape index (κ2) is 2.39. The minimum absolute atomic E-state index is 0.144. The zero-order valence-electron chi connectivity index (χ0n) is 6.14. The van der Waals surface area contributed by atoms with Crippen molar-refractivity contribution in [2.24, 2.45) is 17.8 Å². The van der Waals surface area contributed by atoms with Crippen molar-refractivity contribution in [2.75, 3.05) is 0 Å². The average Bonchev–Trinajstić information content (AvgIpc) is 2.23. The summed E-state index contributed by atoms with van der Waals surface area (Å²) in [6.45, 7) is 0. The first-order valence-electron chi connectivity index (χ1n) is 3.85. The van der Waals surface area contributed by atoms with E-state index in [1.165, 1.54) is 0 Å². The van der Waals surface area contributed by atoms with E-state index < -0.39 is 0 Å². The molecule has 2 rings (SSSR count). The smallest absolute Gasteiger partial charge is 0.0674 e. The van der Waals surface area contributed by atoms with Crippen molar-refractivity contribution in [2.45, 2.75) is 0 Å². The van der Waals surface area contributed by atoms with Crippen LogP contribution in [-0.2, 0) is 0 Å². The van der Waals surface area contributed by atoms with E-state index in [1.807, 2.05) is 12.2 Å². The molecule has 0 spiro atoms. The molecule has 0 aliphatic heterocycles. The quantitative estimate of drug-likeness (QED) is 0.476. The van der Waals surface area contributed by atoms with Crippen molar-refractivity contribution in [3.8, 4) is 6.07 Å². The highest BCUT2D eigenvalue weighted by atomic mass is 14.4. The Morgan fingerprint density at radius 2 is 1.45 bits per heavy atom. The van der Waals surface area contributed by atoms with E-state index in [1.54, 1.807) is 0 Å². The first kappa shape index (κ1) is 6.42. The molecule has 1 nitrogen and oxygen atoms in total. The van der Waals surface area contributed by atoms with Gasteiger partial charge in [0.15, 0.2) is 0 Å². The lowest BCUT2D eigenvalue weighted by atomic mass is 9.90. The molecule has 0 aromatic carbocycles. The van der Waals surface area contributed by atoms with Crippen molar-refractivity contribution >= 4 is 0 Å². The fraction of sp³-hybridized carbons (Fsp3) is 0.300. The number of hydrogen-bond donors (Lipinski definition) is 0. The predicted molar refractivity (Wildman–Crippen MR) is 43.5 cm³/mol. The Morgan fingerprint density at radius 1 is 0.909 bits per heavy atom. The molecule has 2 bridgehead atoms. The van der Waals surface area contributed by atoms with Gasteiger partial charge >= 0.3 is 0 Å². The second-order valence-corrected chi connectivity index (χ2v) is 2.96. The van der Waals surface area contributed by atoms with E-state index in [0.29, 0.717) is 11.8 Å². The highest BCUT2D eigenvalue weighted by Gasteiger charge is 2.28. The van der Waals surface area contributed by atoms with Crippen LogP contribution in [-0.4, -0.2) is 0 Å². The highest BCUT2D eigenvalue weighted by molar-refractivity contribution is 5.28. The molecule has 0 radical (unpaired) electrons. The Hall–Kier alpha value is -1.29.